The van der Waals surface area contributed by atoms with Gasteiger partial charge in [-0.2, -0.15) is 0 Å². The molecule has 1 atom stereocenters. The highest BCUT2D eigenvalue weighted by Gasteiger charge is 2.27. The molecule has 0 unspecified atom stereocenters. The van der Waals surface area contributed by atoms with Gasteiger partial charge in [0, 0.05) is 20.0 Å². The summed E-state index contributed by atoms with van der Waals surface area (Å²) in [5.74, 6) is -0.198. The van der Waals surface area contributed by atoms with Crippen LogP contribution in [0.15, 0.2) is 18.2 Å². The summed E-state index contributed by atoms with van der Waals surface area (Å²) < 4.78 is 0. The molecule has 2 amide bonds. The molecule has 0 saturated heterocycles. The molecule has 4 nitrogen and oxygen atoms in total. The van der Waals surface area contributed by atoms with Gasteiger partial charge in [0.1, 0.15) is 6.04 Å². The standard InChI is InChI=1S/C16H22Cl2N2O2/c1-4-6-15(21)20(14(5-2)16(22)19-3)10-11-7-8-12(17)13(18)9-11/h7-9,14H,4-6,10H2,1-3H3,(H,19,22)/t14-/m1/s1. The number of halogens is 2. The van der Waals surface area contributed by atoms with Gasteiger partial charge in [-0.25, -0.2) is 0 Å². The number of hydrogen-bond donors (Lipinski definition) is 1. The molecule has 1 aromatic carbocycles. The van der Waals surface area contributed by atoms with E-state index in [0.29, 0.717) is 29.4 Å². The van der Waals surface area contributed by atoms with Crippen LogP contribution in [0.3, 0.4) is 0 Å². The molecule has 0 bridgehead atoms. The Labute approximate surface area is 141 Å². The van der Waals surface area contributed by atoms with Crippen molar-refractivity contribution < 1.29 is 9.59 Å². The summed E-state index contributed by atoms with van der Waals surface area (Å²) in [6, 6.07) is 4.75. The maximum atomic E-state index is 12.4. The normalized spacial score (nSPS) is 11.9. The number of carbonyl (C=O) groups is 2. The summed E-state index contributed by atoms with van der Waals surface area (Å²) in [5.41, 5.74) is 0.848. The first-order valence-corrected chi connectivity index (χ1v) is 8.15. The Morgan fingerprint density at radius 2 is 1.91 bits per heavy atom. The Balaban J connectivity index is 3.05. The Bertz CT molecular complexity index is 535. The summed E-state index contributed by atoms with van der Waals surface area (Å²) in [5, 5.41) is 3.53. The zero-order valence-electron chi connectivity index (χ0n) is 13.2. The molecule has 0 fully saturated rings. The topological polar surface area (TPSA) is 49.4 Å². The molecular formula is C16H22Cl2N2O2. The Hall–Kier alpha value is -1.26. The van der Waals surface area contributed by atoms with Crippen LogP contribution >= 0.6 is 23.2 Å². The van der Waals surface area contributed by atoms with Crippen molar-refractivity contribution in [2.75, 3.05) is 7.05 Å². The van der Waals surface area contributed by atoms with E-state index in [1.165, 1.54) is 0 Å². The molecule has 0 aliphatic heterocycles. The highest BCUT2D eigenvalue weighted by molar-refractivity contribution is 6.42. The molecule has 1 N–H and O–H groups in total. The van der Waals surface area contributed by atoms with Gasteiger partial charge in [-0.05, 0) is 30.5 Å². The predicted octanol–water partition coefficient (Wildman–Crippen LogP) is 3.65. The van der Waals surface area contributed by atoms with E-state index in [4.69, 9.17) is 23.2 Å². The molecule has 1 rings (SSSR count). The van der Waals surface area contributed by atoms with Crippen molar-refractivity contribution in [3.63, 3.8) is 0 Å². The Kier molecular flexibility index (Phi) is 7.69. The average molecular weight is 345 g/mol. The minimum atomic E-state index is -0.487. The van der Waals surface area contributed by atoms with Gasteiger partial charge >= 0.3 is 0 Å². The lowest BCUT2D eigenvalue weighted by atomic mass is 10.1. The summed E-state index contributed by atoms with van der Waals surface area (Å²) in [4.78, 5) is 26.1. The van der Waals surface area contributed by atoms with Gasteiger partial charge in [0.05, 0.1) is 10.0 Å². The monoisotopic (exact) mass is 344 g/mol. The number of benzene rings is 1. The van der Waals surface area contributed by atoms with Crippen molar-refractivity contribution in [1.29, 1.82) is 0 Å². The summed E-state index contributed by atoms with van der Waals surface area (Å²) >= 11 is 11.9. The molecule has 1 aromatic rings. The first-order valence-electron chi connectivity index (χ1n) is 7.39. The van der Waals surface area contributed by atoms with Gasteiger partial charge in [0.2, 0.25) is 11.8 Å². The number of nitrogens with one attached hydrogen (secondary N) is 1. The molecule has 0 saturated carbocycles. The van der Waals surface area contributed by atoms with E-state index in [0.717, 1.165) is 12.0 Å². The number of likely N-dealkylation sites (N-methyl/N-ethyl adjacent to an activating group) is 1. The molecule has 0 aliphatic carbocycles. The van der Waals surface area contributed by atoms with Gasteiger partial charge < -0.3 is 10.2 Å². The van der Waals surface area contributed by atoms with Crippen LogP contribution in [0.1, 0.15) is 38.7 Å². The van der Waals surface area contributed by atoms with Gasteiger partial charge in [0.15, 0.2) is 0 Å². The van der Waals surface area contributed by atoms with Crippen LogP contribution in [0.25, 0.3) is 0 Å². The van der Waals surface area contributed by atoms with Crippen LogP contribution in [-0.4, -0.2) is 29.8 Å². The van der Waals surface area contributed by atoms with E-state index in [2.05, 4.69) is 5.32 Å². The fourth-order valence-corrected chi connectivity index (χ4v) is 2.60. The van der Waals surface area contributed by atoms with E-state index < -0.39 is 6.04 Å². The second-order valence-corrected chi connectivity index (χ2v) is 5.87. The SMILES string of the molecule is CCCC(=O)N(Cc1ccc(Cl)c(Cl)c1)[C@H](CC)C(=O)NC. The lowest BCUT2D eigenvalue weighted by Gasteiger charge is -2.30. The largest absolute Gasteiger partial charge is 0.357 e. The van der Waals surface area contributed by atoms with Crippen LogP contribution in [0.4, 0.5) is 0 Å². The van der Waals surface area contributed by atoms with Crippen molar-refractivity contribution >= 4 is 35.0 Å². The van der Waals surface area contributed by atoms with E-state index in [-0.39, 0.29) is 11.8 Å². The molecule has 0 aromatic heterocycles. The molecule has 0 heterocycles. The van der Waals surface area contributed by atoms with Crippen LogP contribution in [0.5, 0.6) is 0 Å². The highest BCUT2D eigenvalue weighted by Crippen LogP contribution is 2.24. The van der Waals surface area contributed by atoms with Crippen molar-refractivity contribution in [2.45, 2.75) is 45.7 Å². The van der Waals surface area contributed by atoms with Crippen molar-refractivity contribution in [3.8, 4) is 0 Å². The minimum absolute atomic E-state index is 0.0379. The Morgan fingerprint density at radius 3 is 2.41 bits per heavy atom. The first-order chi connectivity index (χ1) is 10.4. The quantitative estimate of drug-likeness (QED) is 0.820. The Morgan fingerprint density at radius 1 is 1.23 bits per heavy atom. The smallest absolute Gasteiger partial charge is 0.242 e. The third kappa shape index (κ3) is 4.89. The third-order valence-corrected chi connectivity index (χ3v) is 4.17. The van der Waals surface area contributed by atoms with Gasteiger partial charge in [-0.15, -0.1) is 0 Å². The third-order valence-electron chi connectivity index (χ3n) is 3.43. The van der Waals surface area contributed by atoms with E-state index in [1.807, 2.05) is 19.9 Å². The number of amides is 2. The molecule has 122 valence electrons. The maximum Gasteiger partial charge on any atom is 0.242 e. The first kappa shape index (κ1) is 18.8. The predicted molar refractivity (Wildman–Crippen MR) is 90.1 cm³/mol. The molecule has 6 heteroatoms. The second-order valence-electron chi connectivity index (χ2n) is 5.06. The van der Waals surface area contributed by atoms with Gasteiger partial charge in [0.25, 0.3) is 0 Å². The lowest BCUT2D eigenvalue weighted by molar-refractivity contribution is -0.141. The van der Waals surface area contributed by atoms with E-state index >= 15 is 0 Å². The van der Waals surface area contributed by atoms with Crippen molar-refractivity contribution in [3.05, 3.63) is 33.8 Å². The lowest BCUT2D eigenvalue weighted by Crippen LogP contribution is -2.48. The minimum Gasteiger partial charge on any atom is -0.357 e. The fraction of sp³-hybridized carbons (Fsp3) is 0.500. The number of hydrogen-bond acceptors (Lipinski definition) is 2. The summed E-state index contributed by atoms with van der Waals surface area (Å²) in [7, 11) is 1.58. The van der Waals surface area contributed by atoms with Crippen molar-refractivity contribution in [1.82, 2.24) is 10.2 Å². The van der Waals surface area contributed by atoms with E-state index in [9.17, 15) is 9.59 Å². The maximum absolute atomic E-state index is 12.4. The van der Waals surface area contributed by atoms with Crippen LogP contribution in [0.2, 0.25) is 10.0 Å². The number of rotatable bonds is 7. The number of nitrogens with zero attached hydrogens (tertiary/aromatic N) is 1. The van der Waals surface area contributed by atoms with Crippen molar-refractivity contribution in [2.24, 2.45) is 0 Å². The molecule has 0 radical (unpaired) electrons. The highest BCUT2D eigenvalue weighted by atomic mass is 35.5. The molecule has 0 spiro atoms. The second kappa shape index (κ2) is 9.01. The molecule has 0 aliphatic rings. The van der Waals surface area contributed by atoms with Crippen LogP contribution < -0.4 is 5.32 Å². The zero-order chi connectivity index (χ0) is 16.7. The van der Waals surface area contributed by atoms with Gasteiger partial charge in [-0.3, -0.25) is 9.59 Å². The molecular weight excluding hydrogens is 323 g/mol. The van der Waals surface area contributed by atoms with Crippen LogP contribution in [-0.2, 0) is 16.1 Å². The summed E-state index contributed by atoms with van der Waals surface area (Å²) in [6.45, 7) is 4.17. The van der Waals surface area contributed by atoms with Crippen LogP contribution in [0, 0.1) is 0 Å². The number of carbonyl (C=O) groups excluding carboxylic acids is 2. The fourth-order valence-electron chi connectivity index (χ4n) is 2.28. The van der Waals surface area contributed by atoms with E-state index in [1.54, 1.807) is 24.1 Å². The van der Waals surface area contributed by atoms with Gasteiger partial charge in [-0.1, -0.05) is 43.1 Å². The zero-order valence-corrected chi connectivity index (χ0v) is 14.7. The summed E-state index contributed by atoms with van der Waals surface area (Å²) in [6.07, 6.45) is 1.70. The average Bonchev–Trinajstić information content (AvgIpc) is 2.50. The molecule has 22 heavy (non-hydrogen) atoms.